The number of nitrogens with zero attached hydrogens (tertiary/aromatic N) is 1. The van der Waals surface area contributed by atoms with Crippen molar-refractivity contribution in [2.45, 2.75) is 18.2 Å². The number of rotatable bonds is 2. The number of benzene rings is 1. The van der Waals surface area contributed by atoms with Crippen LogP contribution in [0.5, 0.6) is 0 Å². The predicted octanol–water partition coefficient (Wildman–Crippen LogP) is 1.97. The van der Waals surface area contributed by atoms with Crippen molar-refractivity contribution in [3.05, 3.63) is 28.8 Å². The third-order valence-corrected chi connectivity index (χ3v) is 4.47. The van der Waals surface area contributed by atoms with Gasteiger partial charge in [-0.15, -0.1) is 0 Å². The molecule has 0 atom stereocenters. The van der Waals surface area contributed by atoms with E-state index in [0.717, 1.165) is 10.9 Å². The van der Waals surface area contributed by atoms with Gasteiger partial charge in [0.25, 0.3) is 10.0 Å². The minimum absolute atomic E-state index is 0.210. The Morgan fingerprint density at radius 1 is 1.44 bits per heavy atom. The highest BCUT2D eigenvalue weighted by molar-refractivity contribution is 7.89. The van der Waals surface area contributed by atoms with E-state index in [-0.39, 0.29) is 4.90 Å². The second-order valence-electron chi connectivity index (χ2n) is 3.63. The lowest BCUT2D eigenvalue weighted by Crippen LogP contribution is -2.27. The van der Waals surface area contributed by atoms with Crippen molar-refractivity contribution < 1.29 is 13.3 Å². The summed E-state index contributed by atoms with van der Waals surface area (Å²) in [6, 6.07) is 4.81. The molecule has 1 aliphatic heterocycles. The average molecular weight is 262 g/mol. The summed E-state index contributed by atoms with van der Waals surface area (Å²) in [5.74, 6) is 0. The molecule has 0 spiro atoms. The van der Waals surface area contributed by atoms with E-state index in [4.69, 9.17) is 16.4 Å². The van der Waals surface area contributed by atoms with Gasteiger partial charge in [0.2, 0.25) is 0 Å². The topological polar surface area (TPSA) is 46.6 Å². The molecule has 0 bridgehead atoms. The van der Waals surface area contributed by atoms with Gasteiger partial charge in [-0.1, -0.05) is 22.1 Å². The standard InChI is InChI=1S/C10H12ClNO3S/c1-8-3-4-9(11)7-10(8)16(13,14)12-5-2-6-15-12/h3-4,7H,2,5-6H2,1H3. The molecule has 1 aromatic rings. The van der Waals surface area contributed by atoms with E-state index in [9.17, 15) is 8.42 Å². The molecule has 1 aromatic carbocycles. The fourth-order valence-corrected chi connectivity index (χ4v) is 3.37. The first-order valence-electron chi connectivity index (χ1n) is 4.93. The lowest BCUT2D eigenvalue weighted by molar-refractivity contribution is -0.0284. The summed E-state index contributed by atoms with van der Waals surface area (Å²) >= 11 is 5.81. The van der Waals surface area contributed by atoms with Crippen molar-refractivity contribution in [2.75, 3.05) is 13.2 Å². The highest BCUT2D eigenvalue weighted by atomic mass is 35.5. The molecular formula is C10H12ClNO3S. The molecule has 0 amide bonds. The Morgan fingerprint density at radius 2 is 2.19 bits per heavy atom. The van der Waals surface area contributed by atoms with Crippen LogP contribution in [0.2, 0.25) is 5.02 Å². The first kappa shape index (κ1) is 11.9. The highest BCUT2D eigenvalue weighted by Crippen LogP contribution is 2.25. The zero-order chi connectivity index (χ0) is 11.8. The molecule has 0 N–H and O–H groups in total. The molecule has 88 valence electrons. The van der Waals surface area contributed by atoms with E-state index in [1.807, 2.05) is 0 Å². The summed E-state index contributed by atoms with van der Waals surface area (Å²) in [6.45, 7) is 2.58. The lowest BCUT2D eigenvalue weighted by atomic mass is 10.2. The fourth-order valence-electron chi connectivity index (χ4n) is 1.58. The number of sulfonamides is 1. The summed E-state index contributed by atoms with van der Waals surface area (Å²) in [5.41, 5.74) is 0.667. The van der Waals surface area contributed by atoms with E-state index in [2.05, 4.69) is 0 Å². The summed E-state index contributed by atoms with van der Waals surface area (Å²) in [5, 5.41) is 0.406. The molecule has 2 rings (SSSR count). The Labute approximate surface area is 99.8 Å². The Bertz CT molecular complexity index is 495. The molecule has 0 unspecified atom stereocenters. The van der Waals surface area contributed by atoms with Crippen LogP contribution in [0, 0.1) is 6.92 Å². The third-order valence-electron chi connectivity index (χ3n) is 2.42. The van der Waals surface area contributed by atoms with Crippen molar-refractivity contribution in [1.82, 2.24) is 4.47 Å². The van der Waals surface area contributed by atoms with Crippen LogP contribution in [0.4, 0.5) is 0 Å². The van der Waals surface area contributed by atoms with Gasteiger partial charge in [-0.05, 0) is 31.0 Å². The maximum absolute atomic E-state index is 12.1. The first-order valence-corrected chi connectivity index (χ1v) is 6.75. The van der Waals surface area contributed by atoms with Crippen molar-refractivity contribution in [2.24, 2.45) is 0 Å². The molecular weight excluding hydrogens is 250 g/mol. The molecule has 0 aliphatic carbocycles. The Kier molecular flexibility index (Phi) is 3.21. The third kappa shape index (κ3) is 2.08. The zero-order valence-corrected chi connectivity index (χ0v) is 10.4. The maximum atomic E-state index is 12.1. The van der Waals surface area contributed by atoms with E-state index < -0.39 is 10.0 Å². The van der Waals surface area contributed by atoms with E-state index in [1.165, 1.54) is 6.07 Å². The molecule has 6 heteroatoms. The maximum Gasteiger partial charge on any atom is 0.265 e. The summed E-state index contributed by atoms with van der Waals surface area (Å²) in [6.07, 6.45) is 0.721. The van der Waals surface area contributed by atoms with Gasteiger partial charge in [-0.25, -0.2) is 8.42 Å². The lowest BCUT2D eigenvalue weighted by Gasteiger charge is -2.15. The van der Waals surface area contributed by atoms with Crippen LogP contribution in [0.1, 0.15) is 12.0 Å². The van der Waals surface area contributed by atoms with E-state index >= 15 is 0 Å². The van der Waals surface area contributed by atoms with Gasteiger partial charge in [-0.2, -0.15) is 0 Å². The number of aryl methyl sites for hydroxylation is 1. The Morgan fingerprint density at radius 3 is 2.81 bits per heavy atom. The van der Waals surface area contributed by atoms with Gasteiger partial charge in [0.1, 0.15) is 0 Å². The molecule has 4 nitrogen and oxygen atoms in total. The molecule has 1 fully saturated rings. The molecule has 1 heterocycles. The minimum Gasteiger partial charge on any atom is -0.284 e. The second kappa shape index (κ2) is 4.33. The van der Waals surface area contributed by atoms with Gasteiger partial charge < -0.3 is 0 Å². The van der Waals surface area contributed by atoms with Crippen LogP contribution < -0.4 is 0 Å². The van der Waals surface area contributed by atoms with Crippen molar-refractivity contribution in [3.63, 3.8) is 0 Å². The zero-order valence-electron chi connectivity index (χ0n) is 8.81. The number of halogens is 1. The minimum atomic E-state index is -3.57. The number of hydrogen-bond acceptors (Lipinski definition) is 3. The van der Waals surface area contributed by atoms with Gasteiger partial charge in [0.15, 0.2) is 0 Å². The van der Waals surface area contributed by atoms with Crippen molar-refractivity contribution >= 4 is 21.6 Å². The van der Waals surface area contributed by atoms with Crippen LogP contribution in [0.15, 0.2) is 23.1 Å². The average Bonchev–Trinajstić information content (AvgIpc) is 2.75. The highest BCUT2D eigenvalue weighted by Gasteiger charge is 2.30. The summed E-state index contributed by atoms with van der Waals surface area (Å²) in [7, 11) is -3.57. The first-order chi connectivity index (χ1) is 7.51. The molecule has 1 saturated heterocycles. The molecule has 0 radical (unpaired) electrons. The monoisotopic (exact) mass is 261 g/mol. The summed E-state index contributed by atoms with van der Waals surface area (Å²) in [4.78, 5) is 5.28. The molecule has 0 saturated carbocycles. The van der Waals surface area contributed by atoms with Gasteiger partial charge >= 0.3 is 0 Å². The van der Waals surface area contributed by atoms with Crippen LogP contribution >= 0.6 is 11.6 Å². The van der Waals surface area contributed by atoms with Gasteiger partial charge in [0, 0.05) is 11.6 Å². The van der Waals surface area contributed by atoms with Gasteiger partial charge in [-0.3, -0.25) is 4.84 Å². The Hall–Kier alpha value is -0.620. The van der Waals surface area contributed by atoms with Crippen molar-refractivity contribution in [1.29, 1.82) is 0 Å². The van der Waals surface area contributed by atoms with Crippen LogP contribution in [0.25, 0.3) is 0 Å². The van der Waals surface area contributed by atoms with E-state index in [1.54, 1.807) is 19.1 Å². The molecule has 1 aliphatic rings. The number of hydroxylamine groups is 1. The smallest absolute Gasteiger partial charge is 0.265 e. The second-order valence-corrected chi connectivity index (χ2v) is 5.86. The van der Waals surface area contributed by atoms with Crippen LogP contribution in [-0.2, 0) is 14.9 Å². The van der Waals surface area contributed by atoms with Crippen molar-refractivity contribution in [3.8, 4) is 0 Å². The quantitative estimate of drug-likeness (QED) is 0.818. The fraction of sp³-hybridized carbons (Fsp3) is 0.400. The molecule has 16 heavy (non-hydrogen) atoms. The summed E-state index contributed by atoms with van der Waals surface area (Å²) < 4.78 is 25.3. The Balaban J connectivity index is 2.46. The number of hydrogen-bond donors (Lipinski definition) is 0. The predicted molar refractivity (Wildman–Crippen MR) is 60.6 cm³/mol. The normalized spacial score (nSPS) is 17.9. The largest absolute Gasteiger partial charge is 0.284 e. The van der Waals surface area contributed by atoms with Gasteiger partial charge in [0.05, 0.1) is 11.5 Å². The SMILES string of the molecule is Cc1ccc(Cl)cc1S(=O)(=O)N1CCCO1. The molecule has 0 aromatic heterocycles. The van der Waals surface area contributed by atoms with E-state index in [0.29, 0.717) is 23.7 Å². The van der Waals surface area contributed by atoms with Crippen LogP contribution in [-0.4, -0.2) is 26.0 Å². The van der Waals surface area contributed by atoms with Crippen LogP contribution in [0.3, 0.4) is 0 Å².